The number of aromatic nitrogens is 4. The van der Waals surface area contributed by atoms with Crippen molar-refractivity contribution in [1.82, 2.24) is 19.8 Å². The molecular formula is C12H11N5. The Kier molecular flexibility index (Phi) is 2.04. The van der Waals surface area contributed by atoms with E-state index in [1.807, 2.05) is 37.3 Å². The van der Waals surface area contributed by atoms with Gasteiger partial charge in [0.1, 0.15) is 0 Å². The molecule has 3 aromatic rings. The van der Waals surface area contributed by atoms with E-state index in [1.165, 1.54) is 0 Å². The minimum Gasteiger partial charge on any atom is -0.398 e. The molecule has 0 radical (unpaired) electrons. The van der Waals surface area contributed by atoms with Gasteiger partial charge < -0.3 is 5.73 Å². The van der Waals surface area contributed by atoms with Crippen molar-refractivity contribution >= 4 is 11.3 Å². The maximum absolute atomic E-state index is 5.99. The largest absolute Gasteiger partial charge is 0.398 e. The Hall–Kier alpha value is -2.43. The maximum atomic E-state index is 5.99. The van der Waals surface area contributed by atoms with Crippen LogP contribution in [0.15, 0.2) is 36.5 Å². The Balaban J connectivity index is 2.35. The highest BCUT2D eigenvalue weighted by Crippen LogP contribution is 2.27. The molecule has 0 amide bonds. The summed E-state index contributed by atoms with van der Waals surface area (Å²) in [5, 5.41) is 12.5. The highest BCUT2D eigenvalue weighted by Gasteiger charge is 2.13. The first kappa shape index (κ1) is 9.77. The summed E-state index contributed by atoms with van der Waals surface area (Å²) < 4.78 is 1.69. The summed E-state index contributed by atoms with van der Waals surface area (Å²) in [7, 11) is 0. The van der Waals surface area contributed by atoms with Crippen LogP contribution in [0, 0.1) is 6.92 Å². The van der Waals surface area contributed by atoms with Crippen molar-refractivity contribution in [3.8, 4) is 11.4 Å². The molecule has 2 aromatic heterocycles. The van der Waals surface area contributed by atoms with E-state index in [-0.39, 0.29) is 0 Å². The SMILES string of the molecule is Cc1cccc(N)c1-c1nnc2cccnn12. The highest BCUT2D eigenvalue weighted by molar-refractivity contribution is 5.75. The number of nitrogen functional groups attached to an aromatic ring is 1. The average Bonchev–Trinajstić information content (AvgIpc) is 2.73. The van der Waals surface area contributed by atoms with Gasteiger partial charge in [0.15, 0.2) is 11.5 Å². The van der Waals surface area contributed by atoms with Gasteiger partial charge in [0.25, 0.3) is 0 Å². The summed E-state index contributed by atoms with van der Waals surface area (Å²) in [4.78, 5) is 0. The van der Waals surface area contributed by atoms with Crippen LogP contribution >= 0.6 is 0 Å². The van der Waals surface area contributed by atoms with Crippen LogP contribution in [-0.2, 0) is 0 Å². The number of aryl methyl sites for hydroxylation is 1. The summed E-state index contributed by atoms with van der Waals surface area (Å²) in [5.74, 6) is 0.677. The number of rotatable bonds is 1. The van der Waals surface area contributed by atoms with Gasteiger partial charge in [-0.15, -0.1) is 10.2 Å². The predicted octanol–water partition coefficient (Wildman–Crippen LogP) is 1.68. The lowest BCUT2D eigenvalue weighted by Crippen LogP contribution is -1.99. The van der Waals surface area contributed by atoms with E-state index in [0.717, 1.165) is 11.1 Å². The Morgan fingerprint density at radius 1 is 1.12 bits per heavy atom. The lowest BCUT2D eigenvalue weighted by atomic mass is 10.1. The summed E-state index contributed by atoms with van der Waals surface area (Å²) in [6, 6.07) is 9.46. The van der Waals surface area contributed by atoms with Crippen molar-refractivity contribution in [2.45, 2.75) is 6.92 Å². The fourth-order valence-electron chi connectivity index (χ4n) is 1.90. The first-order chi connectivity index (χ1) is 8.27. The van der Waals surface area contributed by atoms with Crippen LogP contribution < -0.4 is 5.73 Å². The first-order valence-electron chi connectivity index (χ1n) is 5.29. The molecule has 0 atom stereocenters. The summed E-state index contributed by atoms with van der Waals surface area (Å²) >= 11 is 0. The molecule has 0 aliphatic carbocycles. The number of hydrogen-bond donors (Lipinski definition) is 1. The summed E-state index contributed by atoms with van der Waals surface area (Å²) in [6.07, 6.45) is 1.70. The van der Waals surface area contributed by atoms with Crippen LogP contribution in [0.1, 0.15) is 5.56 Å². The number of nitrogens with zero attached hydrogens (tertiary/aromatic N) is 4. The van der Waals surface area contributed by atoms with Crippen molar-refractivity contribution in [3.63, 3.8) is 0 Å². The van der Waals surface area contributed by atoms with Crippen LogP contribution in [0.4, 0.5) is 5.69 Å². The molecule has 0 saturated carbocycles. The van der Waals surface area contributed by atoms with Crippen molar-refractivity contribution in [2.75, 3.05) is 5.73 Å². The summed E-state index contributed by atoms with van der Waals surface area (Å²) in [5.41, 5.74) is 9.34. The molecule has 0 bridgehead atoms. The van der Waals surface area contributed by atoms with Gasteiger partial charge in [0.2, 0.25) is 0 Å². The summed E-state index contributed by atoms with van der Waals surface area (Å²) in [6.45, 7) is 2.00. The third-order valence-corrected chi connectivity index (χ3v) is 2.71. The minimum atomic E-state index is 0.677. The van der Waals surface area contributed by atoms with Crippen LogP contribution in [0.5, 0.6) is 0 Å². The van der Waals surface area contributed by atoms with Gasteiger partial charge >= 0.3 is 0 Å². The molecule has 2 heterocycles. The number of nitrogens with two attached hydrogens (primary N) is 1. The van der Waals surface area contributed by atoms with Gasteiger partial charge in [0, 0.05) is 17.4 Å². The molecule has 5 heteroatoms. The third kappa shape index (κ3) is 1.44. The number of fused-ring (bicyclic) bond motifs is 1. The fraction of sp³-hybridized carbons (Fsp3) is 0.0833. The lowest BCUT2D eigenvalue weighted by Gasteiger charge is -2.06. The fourth-order valence-corrected chi connectivity index (χ4v) is 1.90. The predicted molar refractivity (Wildman–Crippen MR) is 65.4 cm³/mol. The van der Waals surface area contributed by atoms with Gasteiger partial charge in [-0.05, 0) is 30.7 Å². The van der Waals surface area contributed by atoms with E-state index in [2.05, 4.69) is 15.3 Å². The zero-order valence-corrected chi connectivity index (χ0v) is 9.33. The molecular weight excluding hydrogens is 214 g/mol. The second-order valence-corrected chi connectivity index (χ2v) is 3.86. The number of anilines is 1. The van der Waals surface area contributed by atoms with Crippen LogP contribution in [0.3, 0.4) is 0 Å². The molecule has 0 aliphatic heterocycles. The second-order valence-electron chi connectivity index (χ2n) is 3.86. The molecule has 0 saturated heterocycles. The Morgan fingerprint density at radius 3 is 2.82 bits per heavy atom. The molecule has 5 nitrogen and oxygen atoms in total. The van der Waals surface area contributed by atoms with Crippen molar-refractivity contribution in [1.29, 1.82) is 0 Å². The zero-order chi connectivity index (χ0) is 11.8. The van der Waals surface area contributed by atoms with Gasteiger partial charge in [-0.1, -0.05) is 12.1 Å². The van der Waals surface area contributed by atoms with Crippen LogP contribution in [0.2, 0.25) is 0 Å². The minimum absolute atomic E-state index is 0.677. The first-order valence-corrected chi connectivity index (χ1v) is 5.29. The van der Waals surface area contributed by atoms with E-state index in [4.69, 9.17) is 5.73 Å². The third-order valence-electron chi connectivity index (χ3n) is 2.71. The number of benzene rings is 1. The molecule has 0 aliphatic rings. The molecule has 0 fully saturated rings. The van der Waals surface area contributed by atoms with Crippen molar-refractivity contribution in [2.24, 2.45) is 0 Å². The molecule has 2 N–H and O–H groups in total. The topological polar surface area (TPSA) is 69.1 Å². The lowest BCUT2D eigenvalue weighted by molar-refractivity contribution is 0.935. The highest BCUT2D eigenvalue weighted by atomic mass is 15.4. The van der Waals surface area contributed by atoms with Gasteiger partial charge in [0.05, 0.1) is 0 Å². The van der Waals surface area contributed by atoms with Crippen molar-refractivity contribution < 1.29 is 0 Å². The molecule has 3 rings (SSSR count). The van der Waals surface area contributed by atoms with Gasteiger partial charge in [-0.25, -0.2) is 0 Å². The molecule has 0 unspecified atom stereocenters. The van der Waals surface area contributed by atoms with E-state index in [9.17, 15) is 0 Å². The smallest absolute Gasteiger partial charge is 0.187 e. The van der Waals surface area contributed by atoms with E-state index >= 15 is 0 Å². The Morgan fingerprint density at radius 2 is 2.00 bits per heavy atom. The van der Waals surface area contributed by atoms with Crippen LogP contribution in [0.25, 0.3) is 17.0 Å². The molecule has 84 valence electrons. The quantitative estimate of drug-likeness (QED) is 0.640. The normalized spacial score (nSPS) is 10.9. The van der Waals surface area contributed by atoms with E-state index in [1.54, 1.807) is 10.7 Å². The standard InChI is InChI=1S/C12H11N5/c1-8-4-2-5-9(13)11(8)12-16-15-10-6-3-7-14-17(10)12/h2-7H,13H2,1H3. The van der Waals surface area contributed by atoms with Crippen LogP contribution in [-0.4, -0.2) is 19.8 Å². The number of hydrogen-bond acceptors (Lipinski definition) is 4. The van der Waals surface area contributed by atoms with Crippen molar-refractivity contribution in [3.05, 3.63) is 42.1 Å². The maximum Gasteiger partial charge on any atom is 0.187 e. The monoisotopic (exact) mass is 225 g/mol. The molecule has 17 heavy (non-hydrogen) atoms. The molecule has 0 spiro atoms. The molecule has 1 aromatic carbocycles. The second kappa shape index (κ2) is 3.55. The van der Waals surface area contributed by atoms with E-state index < -0.39 is 0 Å². The van der Waals surface area contributed by atoms with E-state index in [0.29, 0.717) is 17.2 Å². The zero-order valence-electron chi connectivity index (χ0n) is 9.33. The average molecular weight is 225 g/mol. The Bertz CT molecular complexity index is 666. The van der Waals surface area contributed by atoms with Gasteiger partial charge in [-0.3, -0.25) is 0 Å². The van der Waals surface area contributed by atoms with Gasteiger partial charge in [-0.2, -0.15) is 9.61 Å². The Labute approximate surface area is 97.9 Å².